The van der Waals surface area contributed by atoms with E-state index >= 15 is 0 Å². The van der Waals surface area contributed by atoms with Gasteiger partial charge in [-0.05, 0) is 27.1 Å². The number of aromatic nitrogens is 1. The Bertz CT molecular complexity index is 314. The Morgan fingerprint density at radius 2 is 2.06 bits per heavy atom. The summed E-state index contributed by atoms with van der Waals surface area (Å²) in [5.74, 6) is 0.516. The van der Waals surface area contributed by atoms with Crippen LogP contribution in [0.25, 0.3) is 0 Å². The number of rotatable bonds is 8. The standard InChI is InChI=1S/C12H22ClN3S/c1-4-5-16(7-6-15(2)3)9-12-14-11(8-13)10-17-12/h10H,4-9H2,1-3H3. The molecule has 0 aliphatic rings. The molecule has 17 heavy (non-hydrogen) atoms. The molecule has 1 rings (SSSR count). The van der Waals surface area contributed by atoms with Gasteiger partial charge < -0.3 is 4.90 Å². The molecule has 0 saturated heterocycles. The lowest BCUT2D eigenvalue weighted by Gasteiger charge is -2.22. The normalized spacial score (nSPS) is 11.6. The smallest absolute Gasteiger partial charge is 0.107 e. The molecule has 0 fully saturated rings. The van der Waals surface area contributed by atoms with E-state index in [0.29, 0.717) is 5.88 Å². The fourth-order valence-corrected chi connectivity index (χ4v) is 2.67. The van der Waals surface area contributed by atoms with E-state index in [1.54, 1.807) is 11.3 Å². The molecule has 0 aromatic carbocycles. The van der Waals surface area contributed by atoms with Gasteiger partial charge in [0.25, 0.3) is 0 Å². The van der Waals surface area contributed by atoms with Crippen LogP contribution in [0.2, 0.25) is 0 Å². The summed E-state index contributed by atoms with van der Waals surface area (Å²) < 4.78 is 0. The summed E-state index contributed by atoms with van der Waals surface area (Å²) >= 11 is 7.48. The molecule has 0 unspecified atom stereocenters. The lowest BCUT2D eigenvalue weighted by molar-refractivity contribution is 0.233. The monoisotopic (exact) mass is 275 g/mol. The van der Waals surface area contributed by atoms with Crippen molar-refractivity contribution in [3.05, 3.63) is 16.1 Å². The van der Waals surface area contributed by atoms with Crippen LogP contribution in [0.3, 0.4) is 0 Å². The molecule has 0 spiro atoms. The molecule has 0 N–H and O–H groups in total. The summed E-state index contributed by atoms with van der Waals surface area (Å²) in [5.41, 5.74) is 0.996. The van der Waals surface area contributed by atoms with Crippen LogP contribution in [0.15, 0.2) is 5.38 Å². The van der Waals surface area contributed by atoms with Gasteiger partial charge in [0.2, 0.25) is 0 Å². The van der Waals surface area contributed by atoms with E-state index in [9.17, 15) is 0 Å². The van der Waals surface area contributed by atoms with Crippen molar-refractivity contribution in [3.63, 3.8) is 0 Å². The first-order chi connectivity index (χ1) is 8.15. The van der Waals surface area contributed by atoms with Gasteiger partial charge in [0, 0.05) is 18.5 Å². The number of alkyl halides is 1. The summed E-state index contributed by atoms with van der Waals surface area (Å²) in [6, 6.07) is 0. The molecule has 1 heterocycles. The predicted molar refractivity (Wildman–Crippen MR) is 75.8 cm³/mol. The highest BCUT2D eigenvalue weighted by atomic mass is 35.5. The Hall–Kier alpha value is -0.160. The van der Waals surface area contributed by atoms with Gasteiger partial charge in [-0.15, -0.1) is 22.9 Å². The lowest BCUT2D eigenvalue weighted by atomic mass is 10.4. The summed E-state index contributed by atoms with van der Waals surface area (Å²) in [4.78, 5) is 9.18. The second-order valence-corrected chi connectivity index (χ2v) is 5.66. The van der Waals surface area contributed by atoms with Gasteiger partial charge in [-0.3, -0.25) is 4.90 Å². The largest absolute Gasteiger partial charge is 0.308 e. The minimum absolute atomic E-state index is 0.516. The highest BCUT2D eigenvalue weighted by Gasteiger charge is 2.08. The Labute approximate surface area is 113 Å². The highest BCUT2D eigenvalue weighted by molar-refractivity contribution is 7.09. The van der Waals surface area contributed by atoms with Crippen LogP contribution in [0.1, 0.15) is 24.0 Å². The third-order valence-electron chi connectivity index (χ3n) is 2.50. The molecule has 0 bridgehead atoms. The first kappa shape index (κ1) is 14.9. The average Bonchev–Trinajstić information content (AvgIpc) is 2.74. The molecule has 0 amide bonds. The van der Waals surface area contributed by atoms with Gasteiger partial charge >= 0.3 is 0 Å². The third kappa shape index (κ3) is 5.82. The number of nitrogens with zero attached hydrogens (tertiary/aromatic N) is 3. The molecule has 0 aliphatic heterocycles. The van der Waals surface area contributed by atoms with Crippen LogP contribution in [0.5, 0.6) is 0 Å². The van der Waals surface area contributed by atoms with Gasteiger partial charge in [-0.1, -0.05) is 6.92 Å². The fourth-order valence-electron chi connectivity index (χ4n) is 1.60. The van der Waals surface area contributed by atoms with Crippen LogP contribution in [-0.2, 0) is 12.4 Å². The van der Waals surface area contributed by atoms with Crippen LogP contribution in [-0.4, -0.2) is 48.5 Å². The molecular weight excluding hydrogens is 254 g/mol. The second kappa shape index (κ2) is 8.03. The van der Waals surface area contributed by atoms with E-state index in [0.717, 1.165) is 31.9 Å². The first-order valence-corrected chi connectivity index (χ1v) is 7.43. The molecule has 0 saturated carbocycles. The Balaban J connectivity index is 2.47. The zero-order chi connectivity index (χ0) is 12.7. The summed E-state index contributed by atoms with van der Waals surface area (Å²) in [5, 5.41) is 3.23. The molecule has 1 aromatic rings. The SMILES string of the molecule is CCCN(CCN(C)C)Cc1nc(CCl)cs1. The molecule has 0 aliphatic carbocycles. The second-order valence-electron chi connectivity index (χ2n) is 4.45. The summed E-state index contributed by atoms with van der Waals surface area (Å²) in [6.07, 6.45) is 1.18. The fraction of sp³-hybridized carbons (Fsp3) is 0.750. The number of hydrogen-bond donors (Lipinski definition) is 0. The van der Waals surface area contributed by atoms with Crippen molar-refractivity contribution in [3.8, 4) is 0 Å². The molecule has 1 aromatic heterocycles. The molecule has 5 heteroatoms. The highest BCUT2D eigenvalue weighted by Crippen LogP contribution is 2.14. The number of likely N-dealkylation sites (N-methyl/N-ethyl adjacent to an activating group) is 1. The van der Waals surface area contributed by atoms with E-state index in [1.807, 2.05) is 0 Å². The number of thiazole rings is 1. The zero-order valence-corrected chi connectivity index (χ0v) is 12.5. The number of halogens is 1. The molecular formula is C12H22ClN3S. The van der Waals surface area contributed by atoms with E-state index in [4.69, 9.17) is 11.6 Å². The van der Waals surface area contributed by atoms with Crippen LogP contribution in [0, 0.1) is 0 Å². The van der Waals surface area contributed by atoms with Crippen molar-refractivity contribution in [2.45, 2.75) is 25.8 Å². The van der Waals surface area contributed by atoms with Gasteiger partial charge in [0.1, 0.15) is 5.01 Å². The maximum Gasteiger partial charge on any atom is 0.107 e. The van der Waals surface area contributed by atoms with Crippen molar-refractivity contribution >= 4 is 22.9 Å². The van der Waals surface area contributed by atoms with Crippen molar-refractivity contribution in [2.75, 3.05) is 33.7 Å². The van der Waals surface area contributed by atoms with Crippen molar-refractivity contribution in [1.29, 1.82) is 0 Å². The topological polar surface area (TPSA) is 19.4 Å². The first-order valence-electron chi connectivity index (χ1n) is 6.02. The molecule has 3 nitrogen and oxygen atoms in total. The Morgan fingerprint density at radius 3 is 2.59 bits per heavy atom. The van der Waals surface area contributed by atoms with E-state index in [-0.39, 0.29) is 0 Å². The summed E-state index contributed by atoms with van der Waals surface area (Å²) in [7, 11) is 4.22. The predicted octanol–water partition coefficient (Wildman–Crippen LogP) is 2.66. The van der Waals surface area contributed by atoms with Crippen molar-refractivity contribution < 1.29 is 0 Å². The van der Waals surface area contributed by atoms with Crippen LogP contribution < -0.4 is 0 Å². The minimum atomic E-state index is 0.516. The molecule has 98 valence electrons. The van der Waals surface area contributed by atoms with Gasteiger partial charge in [-0.25, -0.2) is 4.98 Å². The minimum Gasteiger partial charge on any atom is -0.308 e. The molecule has 0 atom stereocenters. The lowest BCUT2D eigenvalue weighted by Crippen LogP contribution is -2.32. The van der Waals surface area contributed by atoms with Crippen molar-refractivity contribution in [1.82, 2.24) is 14.8 Å². The van der Waals surface area contributed by atoms with Gasteiger partial charge in [0.15, 0.2) is 0 Å². The Morgan fingerprint density at radius 1 is 1.29 bits per heavy atom. The van der Waals surface area contributed by atoms with Gasteiger partial charge in [0.05, 0.1) is 18.1 Å². The van der Waals surface area contributed by atoms with Crippen LogP contribution >= 0.6 is 22.9 Å². The maximum absolute atomic E-state index is 5.76. The van der Waals surface area contributed by atoms with E-state index in [1.165, 1.54) is 11.4 Å². The maximum atomic E-state index is 5.76. The molecule has 0 radical (unpaired) electrons. The van der Waals surface area contributed by atoms with E-state index in [2.05, 4.69) is 41.2 Å². The zero-order valence-electron chi connectivity index (χ0n) is 10.9. The number of hydrogen-bond acceptors (Lipinski definition) is 4. The van der Waals surface area contributed by atoms with E-state index < -0.39 is 0 Å². The average molecular weight is 276 g/mol. The summed E-state index contributed by atoms with van der Waals surface area (Å²) in [6.45, 7) is 6.48. The quantitative estimate of drug-likeness (QED) is 0.680. The Kier molecular flexibility index (Phi) is 7.04. The third-order valence-corrected chi connectivity index (χ3v) is 3.65. The van der Waals surface area contributed by atoms with Crippen molar-refractivity contribution in [2.24, 2.45) is 0 Å². The van der Waals surface area contributed by atoms with Gasteiger partial charge in [-0.2, -0.15) is 0 Å². The van der Waals surface area contributed by atoms with Crippen LogP contribution in [0.4, 0.5) is 0 Å².